The summed E-state index contributed by atoms with van der Waals surface area (Å²) in [6, 6.07) is 0. The Balaban J connectivity index is 2.57. The van der Waals surface area contributed by atoms with Crippen molar-refractivity contribution < 1.29 is 8.39 Å². The highest BCUT2D eigenvalue weighted by molar-refractivity contribution is 7.80. The first kappa shape index (κ1) is 5.98. The fourth-order valence-corrected chi connectivity index (χ4v) is 1.33. The number of hydrogen-bond acceptors (Lipinski definition) is 2. The van der Waals surface area contributed by atoms with E-state index in [-0.39, 0.29) is 0 Å². The van der Waals surface area contributed by atoms with E-state index < -0.39 is 11.1 Å². The lowest BCUT2D eigenvalue weighted by molar-refractivity contribution is 0.389. The third-order valence-corrected chi connectivity index (χ3v) is 2.07. The van der Waals surface area contributed by atoms with Crippen LogP contribution in [0.15, 0.2) is 11.6 Å². The van der Waals surface area contributed by atoms with Crippen LogP contribution in [0.1, 0.15) is 6.92 Å². The SMILES string of the molecule is CC1=CCO[S@](=O)C1. The maximum atomic E-state index is 10.5. The second-order valence-corrected chi connectivity index (χ2v) is 2.91. The van der Waals surface area contributed by atoms with Gasteiger partial charge in [-0.25, -0.2) is 4.21 Å². The Morgan fingerprint density at radius 2 is 2.62 bits per heavy atom. The van der Waals surface area contributed by atoms with Crippen LogP contribution in [-0.2, 0) is 15.3 Å². The molecule has 0 aromatic heterocycles. The zero-order valence-corrected chi connectivity index (χ0v) is 5.53. The molecule has 0 N–H and O–H groups in total. The summed E-state index contributed by atoms with van der Waals surface area (Å²) in [7, 11) is 0. The molecule has 1 aliphatic rings. The fourth-order valence-electron chi connectivity index (χ4n) is 0.539. The Morgan fingerprint density at radius 3 is 3.00 bits per heavy atom. The lowest BCUT2D eigenvalue weighted by atomic mass is 10.3. The summed E-state index contributed by atoms with van der Waals surface area (Å²) in [5, 5.41) is 0. The molecule has 1 atom stereocenters. The van der Waals surface area contributed by atoms with Crippen LogP contribution in [0.25, 0.3) is 0 Å². The highest BCUT2D eigenvalue weighted by Gasteiger charge is 2.04. The van der Waals surface area contributed by atoms with Crippen molar-refractivity contribution in [2.24, 2.45) is 0 Å². The first-order chi connectivity index (χ1) is 3.79. The highest BCUT2D eigenvalue weighted by Crippen LogP contribution is 2.03. The molecule has 0 spiro atoms. The molecule has 1 aliphatic heterocycles. The molecule has 0 unspecified atom stereocenters. The van der Waals surface area contributed by atoms with Gasteiger partial charge in [0.15, 0.2) is 11.1 Å². The summed E-state index contributed by atoms with van der Waals surface area (Å²) in [6.07, 6.45) is 1.95. The Hall–Kier alpha value is -0.150. The smallest absolute Gasteiger partial charge is 0.159 e. The lowest BCUT2D eigenvalue weighted by Crippen LogP contribution is -2.09. The molecule has 46 valence electrons. The van der Waals surface area contributed by atoms with E-state index in [4.69, 9.17) is 4.18 Å². The van der Waals surface area contributed by atoms with Gasteiger partial charge in [-0.1, -0.05) is 11.6 Å². The molecule has 0 aromatic carbocycles. The normalized spacial score (nSPS) is 29.6. The highest BCUT2D eigenvalue weighted by atomic mass is 32.2. The fraction of sp³-hybridized carbons (Fsp3) is 0.600. The van der Waals surface area contributed by atoms with Crippen LogP contribution in [0, 0.1) is 0 Å². The maximum Gasteiger partial charge on any atom is 0.159 e. The van der Waals surface area contributed by atoms with Crippen molar-refractivity contribution >= 4 is 11.1 Å². The minimum absolute atomic E-state index is 0.512. The van der Waals surface area contributed by atoms with Crippen LogP contribution >= 0.6 is 0 Å². The van der Waals surface area contributed by atoms with Crippen molar-refractivity contribution in [2.75, 3.05) is 12.4 Å². The van der Waals surface area contributed by atoms with Gasteiger partial charge in [0.05, 0.1) is 12.4 Å². The summed E-state index contributed by atoms with van der Waals surface area (Å²) in [5.41, 5.74) is 1.16. The van der Waals surface area contributed by atoms with Gasteiger partial charge >= 0.3 is 0 Å². The topological polar surface area (TPSA) is 26.3 Å². The van der Waals surface area contributed by atoms with E-state index in [1.165, 1.54) is 0 Å². The van der Waals surface area contributed by atoms with Crippen LogP contribution in [-0.4, -0.2) is 16.6 Å². The summed E-state index contributed by atoms with van der Waals surface area (Å²) in [6.45, 7) is 2.47. The first-order valence-corrected chi connectivity index (χ1v) is 3.71. The maximum absolute atomic E-state index is 10.5. The summed E-state index contributed by atoms with van der Waals surface area (Å²) < 4.78 is 15.3. The van der Waals surface area contributed by atoms with E-state index >= 15 is 0 Å². The van der Waals surface area contributed by atoms with Crippen molar-refractivity contribution in [1.82, 2.24) is 0 Å². The van der Waals surface area contributed by atoms with Gasteiger partial charge in [-0.2, -0.15) is 0 Å². The molecule has 1 heterocycles. The standard InChI is InChI=1S/C5H8O2S/c1-5-2-3-7-8(6)4-5/h2H,3-4H2,1H3/t8-/m0/s1. The van der Waals surface area contributed by atoms with E-state index in [1.54, 1.807) is 0 Å². The molecule has 0 saturated heterocycles. The van der Waals surface area contributed by atoms with Gasteiger partial charge in [0.2, 0.25) is 0 Å². The van der Waals surface area contributed by atoms with E-state index in [1.807, 2.05) is 13.0 Å². The van der Waals surface area contributed by atoms with Crippen LogP contribution in [0.4, 0.5) is 0 Å². The van der Waals surface area contributed by atoms with Gasteiger partial charge in [-0.05, 0) is 6.92 Å². The second-order valence-electron chi connectivity index (χ2n) is 1.78. The summed E-state index contributed by atoms with van der Waals surface area (Å²) >= 11 is -1.04. The third-order valence-electron chi connectivity index (χ3n) is 0.977. The Labute approximate surface area is 51.2 Å². The Kier molecular flexibility index (Phi) is 1.81. The third kappa shape index (κ3) is 1.42. The van der Waals surface area contributed by atoms with Gasteiger partial charge in [-0.15, -0.1) is 0 Å². The molecule has 1 rings (SSSR count). The van der Waals surface area contributed by atoms with Gasteiger partial charge < -0.3 is 0 Å². The molecule has 3 heteroatoms. The van der Waals surface area contributed by atoms with E-state index in [0.29, 0.717) is 12.4 Å². The predicted molar refractivity (Wildman–Crippen MR) is 32.7 cm³/mol. The summed E-state index contributed by atoms with van der Waals surface area (Å²) in [4.78, 5) is 0. The summed E-state index contributed by atoms with van der Waals surface area (Å²) in [5.74, 6) is 0.583. The largest absolute Gasteiger partial charge is 0.286 e. The van der Waals surface area contributed by atoms with E-state index in [2.05, 4.69) is 0 Å². The Morgan fingerprint density at radius 1 is 1.88 bits per heavy atom. The minimum atomic E-state index is -1.04. The molecular weight excluding hydrogens is 124 g/mol. The second kappa shape index (κ2) is 2.42. The van der Waals surface area contributed by atoms with Crippen molar-refractivity contribution in [1.29, 1.82) is 0 Å². The number of hydrogen-bond donors (Lipinski definition) is 0. The molecule has 0 fully saturated rings. The number of rotatable bonds is 0. The minimum Gasteiger partial charge on any atom is -0.286 e. The zero-order chi connectivity index (χ0) is 5.98. The van der Waals surface area contributed by atoms with Crippen molar-refractivity contribution in [3.05, 3.63) is 11.6 Å². The molecule has 0 bridgehead atoms. The molecule has 8 heavy (non-hydrogen) atoms. The molecular formula is C5H8O2S. The molecule has 0 aromatic rings. The molecule has 0 aliphatic carbocycles. The van der Waals surface area contributed by atoms with E-state index in [0.717, 1.165) is 5.57 Å². The molecule has 0 amide bonds. The van der Waals surface area contributed by atoms with Crippen molar-refractivity contribution in [2.45, 2.75) is 6.92 Å². The molecule has 0 radical (unpaired) electrons. The lowest BCUT2D eigenvalue weighted by Gasteiger charge is -2.06. The zero-order valence-electron chi connectivity index (χ0n) is 4.72. The van der Waals surface area contributed by atoms with Crippen LogP contribution in [0.3, 0.4) is 0 Å². The van der Waals surface area contributed by atoms with Crippen LogP contribution < -0.4 is 0 Å². The molecule has 2 nitrogen and oxygen atoms in total. The molecule has 0 saturated carbocycles. The average molecular weight is 132 g/mol. The van der Waals surface area contributed by atoms with E-state index in [9.17, 15) is 4.21 Å². The van der Waals surface area contributed by atoms with Gasteiger partial charge in [-0.3, -0.25) is 4.18 Å². The monoisotopic (exact) mass is 132 g/mol. The van der Waals surface area contributed by atoms with Gasteiger partial charge in [0.1, 0.15) is 0 Å². The first-order valence-electron chi connectivity index (χ1n) is 2.46. The Bertz CT molecular complexity index is 139. The van der Waals surface area contributed by atoms with Gasteiger partial charge in [0, 0.05) is 0 Å². The quantitative estimate of drug-likeness (QED) is 0.452. The van der Waals surface area contributed by atoms with Crippen molar-refractivity contribution in [3.8, 4) is 0 Å². The average Bonchev–Trinajstić information content (AvgIpc) is 1.64. The predicted octanol–water partition coefficient (Wildman–Crippen LogP) is 0.627. The van der Waals surface area contributed by atoms with Crippen LogP contribution in [0.5, 0.6) is 0 Å². The van der Waals surface area contributed by atoms with Gasteiger partial charge in [0.25, 0.3) is 0 Å². The van der Waals surface area contributed by atoms with Crippen LogP contribution in [0.2, 0.25) is 0 Å². The van der Waals surface area contributed by atoms with Crippen molar-refractivity contribution in [3.63, 3.8) is 0 Å².